The lowest BCUT2D eigenvalue weighted by atomic mass is 10.1. The number of phenolic OH excluding ortho intramolecular Hbond substituents is 2. The number of hydrogen-bond donors (Lipinski definition) is 5. The van der Waals surface area contributed by atoms with E-state index < -0.39 is 62.0 Å². The van der Waals surface area contributed by atoms with Gasteiger partial charge in [0.05, 0.1) is 12.9 Å². The smallest absolute Gasteiger partial charge is 0.347 e. The normalized spacial score (nSPS) is 24.6. The van der Waals surface area contributed by atoms with Crippen LogP contribution in [0.25, 0.3) is 11.2 Å². The van der Waals surface area contributed by atoms with Crippen LogP contribution >= 0.6 is 7.82 Å². The number of phenols is 2. The number of aromatic nitrogens is 4. The van der Waals surface area contributed by atoms with Gasteiger partial charge >= 0.3 is 13.8 Å². The summed E-state index contributed by atoms with van der Waals surface area (Å²) in [6.45, 7) is -0.821. The predicted octanol–water partition coefficient (Wildman–Crippen LogP) is -1.22. The Kier molecular flexibility index (Phi) is 5.92. The Labute approximate surface area is 184 Å². The van der Waals surface area contributed by atoms with Gasteiger partial charge in [0, 0.05) is 0 Å². The Morgan fingerprint density at radius 2 is 2.00 bits per heavy atom. The first-order chi connectivity index (χ1) is 15.6. The average Bonchev–Trinajstić information content (AvgIpc) is 3.31. The fourth-order valence-corrected chi connectivity index (χ4v) is 3.87. The van der Waals surface area contributed by atoms with Crippen molar-refractivity contribution in [2.75, 3.05) is 12.3 Å². The number of aromatic hydroxyl groups is 2. The van der Waals surface area contributed by atoms with Crippen molar-refractivity contribution in [3.8, 4) is 11.5 Å². The molecule has 1 aliphatic rings. The second-order valence-corrected chi connectivity index (χ2v) is 8.26. The van der Waals surface area contributed by atoms with Crippen LogP contribution in [0.4, 0.5) is 5.82 Å². The molecule has 3 heterocycles. The van der Waals surface area contributed by atoms with Gasteiger partial charge in [0.15, 0.2) is 29.2 Å². The van der Waals surface area contributed by atoms with Crippen molar-refractivity contribution >= 4 is 30.8 Å². The van der Waals surface area contributed by atoms with Gasteiger partial charge in [-0.15, -0.1) is 0 Å². The summed E-state index contributed by atoms with van der Waals surface area (Å²) in [5.41, 5.74) is 5.53. The number of phosphoric acid groups is 1. The molecule has 0 amide bonds. The summed E-state index contributed by atoms with van der Waals surface area (Å²) in [4.78, 5) is 35.9. The number of anilines is 1. The largest absolute Gasteiger partial charge is 0.746 e. The van der Waals surface area contributed by atoms with E-state index in [4.69, 9.17) is 10.5 Å². The first kappa shape index (κ1) is 22.8. The maximum absolute atomic E-state index is 12.1. The number of nitrogens with zero attached hydrogens (tertiary/aromatic N) is 4. The molecule has 1 aliphatic heterocycles. The highest BCUT2D eigenvalue weighted by atomic mass is 31.2. The highest BCUT2D eigenvalue weighted by Gasteiger charge is 2.45. The van der Waals surface area contributed by atoms with Crippen LogP contribution in [0.1, 0.15) is 16.6 Å². The third kappa shape index (κ3) is 4.32. The lowest BCUT2D eigenvalue weighted by molar-refractivity contribution is -0.222. The molecule has 16 heteroatoms. The summed E-state index contributed by atoms with van der Waals surface area (Å²) in [7, 11) is -5.29. The zero-order chi connectivity index (χ0) is 23.9. The molecule has 0 radical (unpaired) electrons. The SMILES string of the molecule is Nc1ncnc2c1ncn2[C@@H]1O[C@H](COP(=O)([O-])OC(=O)c2cccc(O)c2O)[C@@H](O)[C@H]1O. The topological polar surface area (TPSA) is 235 Å². The number of nitrogens with two attached hydrogens (primary N) is 1. The molecular formula is C17H17N5O10P-. The van der Waals surface area contributed by atoms with E-state index in [1.165, 1.54) is 23.3 Å². The lowest BCUT2D eigenvalue weighted by Crippen LogP contribution is -2.34. The Bertz CT molecular complexity index is 1250. The number of imidazole rings is 1. The van der Waals surface area contributed by atoms with E-state index in [1.807, 2.05) is 0 Å². The van der Waals surface area contributed by atoms with Gasteiger partial charge in [-0.3, -0.25) is 9.13 Å². The maximum atomic E-state index is 12.1. The molecule has 3 aromatic rings. The Morgan fingerprint density at radius 3 is 2.76 bits per heavy atom. The van der Waals surface area contributed by atoms with Crippen LogP contribution in [0.2, 0.25) is 0 Å². The quantitative estimate of drug-likeness (QED) is 0.205. The lowest BCUT2D eigenvalue weighted by Gasteiger charge is -2.24. The number of rotatable bonds is 6. The van der Waals surface area contributed by atoms with Crippen molar-refractivity contribution in [1.82, 2.24) is 19.5 Å². The second-order valence-electron chi connectivity index (χ2n) is 6.92. The molecule has 0 aliphatic carbocycles. The van der Waals surface area contributed by atoms with E-state index >= 15 is 0 Å². The van der Waals surface area contributed by atoms with Gasteiger partial charge < -0.3 is 44.8 Å². The molecule has 2 aromatic heterocycles. The van der Waals surface area contributed by atoms with Crippen molar-refractivity contribution in [3.63, 3.8) is 0 Å². The van der Waals surface area contributed by atoms with E-state index in [-0.39, 0.29) is 17.0 Å². The summed E-state index contributed by atoms with van der Waals surface area (Å²) in [5.74, 6) is -2.96. The third-order valence-electron chi connectivity index (χ3n) is 4.82. The summed E-state index contributed by atoms with van der Waals surface area (Å²) in [6.07, 6.45) is -3.26. The molecule has 0 bridgehead atoms. The second kappa shape index (κ2) is 8.55. The number of aliphatic hydroxyl groups excluding tert-OH is 2. The molecule has 0 saturated carbocycles. The van der Waals surface area contributed by atoms with Crippen LogP contribution in [-0.4, -0.2) is 70.8 Å². The van der Waals surface area contributed by atoms with Gasteiger partial charge in [-0.05, 0) is 12.1 Å². The van der Waals surface area contributed by atoms with Gasteiger partial charge in [0.1, 0.15) is 35.7 Å². The van der Waals surface area contributed by atoms with Crippen molar-refractivity contribution in [1.29, 1.82) is 0 Å². The summed E-state index contributed by atoms with van der Waals surface area (Å²) in [5, 5.41) is 39.7. The number of ether oxygens (including phenoxy) is 1. The molecule has 6 N–H and O–H groups in total. The fraction of sp³-hybridized carbons (Fsp3) is 0.294. The summed E-state index contributed by atoms with van der Waals surface area (Å²) < 4.78 is 27.7. The fourth-order valence-electron chi connectivity index (χ4n) is 3.19. The van der Waals surface area contributed by atoms with Gasteiger partial charge in [-0.2, -0.15) is 0 Å². The number of aliphatic hydroxyl groups is 2. The van der Waals surface area contributed by atoms with Gasteiger partial charge in [0.25, 0.3) is 0 Å². The van der Waals surface area contributed by atoms with Crippen molar-refractivity contribution in [2.24, 2.45) is 0 Å². The molecular weight excluding hydrogens is 465 g/mol. The molecule has 1 fully saturated rings. The molecule has 15 nitrogen and oxygen atoms in total. The minimum Gasteiger partial charge on any atom is -0.746 e. The standard InChI is InChI=1S/C17H18N5O10P/c18-14-10-15(20-5-19-14)22(6-21-10)16-13(26)12(25)9(31-16)4-30-33(28,29)32-17(27)7-2-1-3-8(23)11(7)24/h1-3,5-6,9,12-13,16,23-26H,4H2,(H,28,29)(H2,18,19,20)/p-1/t9-,12-,13-,16-/m1/s1. The van der Waals surface area contributed by atoms with Crippen LogP contribution in [-0.2, 0) is 18.3 Å². The van der Waals surface area contributed by atoms with Crippen LogP contribution in [0.3, 0.4) is 0 Å². The number of hydrogen-bond acceptors (Lipinski definition) is 14. The van der Waals surface area contributed by atoms with Gasteiger partial charge in [-0.1, -0.05) is 6.07 Å². The minimum atomic E-state index is -5.29. The molecule has 33 heavy (non-hydrogen) atoms. The first-order valence-corrected chi connectivity index (χ1v) is 10.7. The molecule has 5 atom stereocenters. The Balaban J connectivity index is 1.43. The Hall–Kier alpha value is -3.33. The number of phosphoric ester groups is 1. The van der Waals surface area contributed by atoms with E-state index in [9.17, 15) is 34.7 Å². The van der Waals surface area contributed by atoms with Gasteiger partial charge in [-0.25, -0.2) is 19.7 Å². The van der Waals surface area contributed by atoms with E-state index in [2.05, 4.69) is 24.0 Å². The number of benzene rings is 1. The van der Waals surface area contributed by atoms with E-state index in [1.54, 1.807) is 0 Å². The van der Waals surface area contributed by atoms with Crippen molar-refractivity contribution < 1.29 is 48.5 Å². The Morgan fingerprint density at radius 1 is 1.24 bits per heavy atom. The minimum absolute atomic E-state index is 0.0820. The summed E-state index contributed by atoms with van der Waals surface area (Å²) >= 11 is 0. The van der Waals surface area contributed by atoms with Crippen LogP contribution in [0.15, 0.2) is 30.9 Å². The van der Waals surface area contributed by atoms with Crippen LogP contribution in [0.5, 0.6) is 11.5 Å². The van der Waals surface area contributed by atoms with Crippen LogP contribution < -0.4 is 10.6 Å². The van der Waals surface area contributed by atoms with E-state index in [0.717, 1.165) is 12.1 Å². The molecule has 1 unspecified atom stereocenters. The molecule has 1 saturated heterocycles. The zero-order valence-electron chi connectivity index (χ0n) is 16.5. The van der Waals surface area contributed by atoms with Gasteiger partial charge in [0.2, 0.25) is 0 Å². The van der Waals surface area contributed by atoms with Crippen molar-refractivity contribution in [2.45, 2.75) is 24.5 Å². The highest BCUT2D eigenvalue weighted by molar-refractivity contribution is 7.46. The van der Waals surface area contributed by atoms with E-state index in [0.29, 0.717) is 0 Å². The predicted molar refractivity (Wildman–Crippen MR) is 104 cm³/mol. The number of nitrogen functional groups attached to an aromatic ring is 1. The van der Waals surface area contributed by atoms with Crippen molar-refractivity contribution in [3.05, 3.63) is 36.4 Å². The first-order valence-electron chi connectivity index (χ1n) is 9.24. The third-order valence-corrected chi connectivity index (χ3v) is 5.68. The maximum Gasteiger partial charge on any atom is 0.347 e. The number of para-hydroxylation sites is 1. The van der Waals surface area contributed by atoms with Crippen LogP contribution in [0, 0.1) is 0 Å². The summed E-state index contributed by atoms with van der Waals surface area (Å²) in [6, 6.07) is 3.28. The monoisotopic (exact) mass is 482 g/mol. The molecule has 4 rings (SSSR count). The molecule has 1 aromatic carbocycles. The number of fused-ring (bicyclic) bond motifs is 1. The molecule has 0 spiro atoms. The highest BCUT2D eigenvalue weighted by Crippen LogP contribution is 2.42. The average molecular weight is 482 g/mol. The number of carbonyl (C=O) groups is 1. The zero-order valence-corrected chi connectivity index (χ0v) is 17.3. The number of carbonyl (C=O) groups excluding carboxylic acids is 1. The molecule has 176 valence electrons.